The lowest BCUT2D eigenvalue weighted by atomic mass is 10.0. The highest BCUT2D eigenvalue weighted by molar-refractivity contribution is 6.10. The van der Waals surface area contributed by atoms with Gasteiger partial charge in [0.1, 0.15) is 11.5 Å². The number of esters is 2. The molecule has 43 heavy (non-hydrogen) atoms. The van der Waals surface area contributed by atoms with Crippen molar-refractivity contribution in [2.24, 2.45) is 0 Å². The van der Waals surface area contributed by atoms with Crippen molar-refractivity contribution in [1.82, 2.24) is 0 Å². The largest absolute Gasteiger partial charge is 0.478 e. The van der Waals surface area contributed by atoms with Crippen molar-refractivity contribution in [1.29, 1.82) is 0 Å². The van der Waals surface area contributed by atoms with Gasteiger partial charge in [-0.25, -0.2) is 14.4 Å². The van der Waals surface area contributed by atoms with E-state index in [0.29, 0.717) is 22.3 Å². The molecule has 0 aromatic heterocycles. The molecule has 5 aromatic rings. The van der Waals surface area contributed by atoms with E-state index < -0.39 is 17.9 Å². The van der Waals surface area contributed by atoms with Gasteiger partial charge >= 0.3 is 17.9 Å². The number of carboxylic acids is 1. The summed E-state index contributed by atoms with van der Waals surface area (Å²) in [5.74, 6) is -3.70. The second kappa shape index (κ2) is 12.6. The Labute approximate surface area is 245 Å². The zero-order valence-corrected chi connectivity index (χ0v) is 22.4. The molecular weight excluding hydrogens is 548 g/mol. The first kappa shape index (κ1) is 28.4. The Morgan fingerprint density at radius 3 is 1.07 bits per heavy atom. The molecule has 8 nitrogen and oxygen atoms in total. The van der Waals surface area contributed by atoms with E-state index in [1.54, 1.807) is 60.7 Å². The second-order valence-corrected chi connectivity index (χ2v) is 9.32. The molecule has 8 heteroatoms. The fraction of sp³-hybridized carbons (Fsp3) is 0. The summed E-state index contributed by atoms with van der Waals surface area (Å²) < 4.78 is 10.7. The standard InChI is InChI=1S/C35H22O8/c36-31(22-7-3-1-4-8-22)24-11-15-26(16-12-24)34(40)42-29-19-28(33(38)39)20-30(21-29)43-35(41)27-17-13-25(14-18-27)32(37)23-9-5-2-6-10-23/h1-21H,(H,38,39). The average molecular weight is 571 g/mol. The Balaban J connectivity index is 1.29. The zero-order valence-electron chi connectivity index (χ0n) is 22.4. The Kier molecular flexibility index (Phi) is 8.30. The fourth-order valence-electron chi connectivity index (χ4n) is 4.17. The number of carbonyl (C=O) groups excluding carboxylic acids is 4. The number of hydrogen-bond donors (Lipinski definition) is 1. The van der Waals surface area contributed by atoms with E-state index in [1.807, 2.05) is 0 Å². The molecule has 5 rings (SSSR count). The van der Waals surface area contributed by atoms with Crippen LogP contribution in [0.25, 0.3) is 0 Å². The lowest BCUT2D eigenvalue weighted by Gasteiger charge is -2.10. The minimum Gasteiger partial charge on any atom is -0.478 e. The predicted octanol–water partition coefficient (Wildman–Crippen LogP) is 6.29. The van der Waals surface area contributed by atoms with Crippen LogP contribution in [0.1, 0.15) is 62.9 Å². The number of aromatic carboxylic acids is 1. The first-order chi connectivity index (χ1) is 20.8. The van der Waals surface area contributed by atoms with Crippen LogP contribution in [0, 0.1) is 0 Å². The van der Waals surface area contributed by atoms with Gasteiger partial charge in [-0.1, -0.05) is 84.9 Å². The Morgan fingerprint density at radius 1 is 0.395 bits per heavy atom. The summed E-state index contributed by atoms with van der Waals surface area (Å²) in [6.07, 6.45) is 0. The quantitative estimate of drug-likeness (QED) is 0.125. The molecule has 210 valence electrons. The van der Waals surface area contributed by atoms with Crippen LogP contribution in [0.5, 0.6) is 11.5 Å². The molecule has 0 atom stereocenters. The molecule has 0 saturated heterocycles. The van der Waals surface area contributed by atoms with Crippen molar-refractivity contribution >= 4 is 29.5 Å². The number of rotatable bonds is 9. The SMILES string of the molecule is O=C(O)c1cc(OC(=O)c2ccc(C(=O)c3ccccc3)cc2)cc(OC(=O)c2ccc(C(=O)c3ccccc3)cc2)c1. The number of hydrogen-bond acceptors (Lipinski definition) is 7. The number of carbonyl (C=O) groups is 5. The second-order valence-electron chi connectivity index (χ2n) is 9.32. The maximum absolute atomic E-state index is 12.8. The maximum atomic E-state index is 12.8. The van der Waals surface area contributed by atoms with Crippen LogP contribution in [0.2, 0.25) is 0 Å². The van der Waals surface area contributed by atoms with E-state index in [2.05, 4.69) is 0 Å². The van der Waals surface area contributed by atoms with Gasteiger partial charge in [0.05, 0.1) is 16.7 Å². The summed E-state index contributed by atoms with van der Waals surface area (Å²) in [5, 5.41) is 9.54. The van der Waals surface area contributed by atoms with Gasteiger partial charge in [0, 0.05) is 28.3 Å². The minimum atomic E-state index is -1.33. The Bertz CT molecular complexity index is 1700. The number of benzene rings is 5. The van der Waals surface area contributed by atoms with Crippen molar-refractivity contribution in [2.75, 3.05) is 0 Å². The third-order valence-electron chi connectivity index (χ3n) is 6.39. The minimum absolute atomic E-state index is 0.119. The van der Waals surface area contributed by atoms with Crippen LogP contribution in [-0.4, -0.2) is 34.6 Å². The van der Waals surface area contributed by atoms with E-state index in [1.165, 1.54) is 54.6 Å². The van der Waals surface area contributed by atoms with Gasteiger partial charge < -0.3 is 14.6 Å². The summed E-state index contributed by atoms with van der Waals surface area (Å²) in [6, 6.07) is 32.5. The number of carboxylic acid groups (broad SMARTS) is 1. The summed E-state index contributed by atoms with van der Waals surface area (Å²) in [7, 11) is 0. The lowest BCUT2D eigenvalue weighted by Crippen LogP contribution is -2.12. The van der Waals surface area contributed by atoms with Gasteiger partial charge in [-0.15, -0.1) is 0 Å². The molecule has 1 N–H and O–H groups in total. The van der Waals surface area contributed by atoms with Crippen molar-refractivity contribution in [3.05, 3.63) is 166 Å². The van der Waals surface area contributed by atoms with Gasteiger partial charge in [-0.3, -0.25) is 9.59 Å². The molecule has 5 aromatic carbocycles. The monoisotopic (exact) mass is 570 g/mol. The van der Waals surface area contributed by atoms with Gasteiger partial charge in [0.25, 0.3) is 0 Å². The normalized spacial score (nSPS) is 10.4. The van der Waals surface area contributed by atoms with Gasteiger partial charge in [0.2, 0.25) is 0 Å². The Morgan fingerprint density at radius 2 is 0.721 bits per heavy atom. The first-order valence-corrected chi connectivity index (χ1v) is 13.0. The Hall–Kier alpha value is -6.15. The lowest BCUT2D eigenvalue weighted by molar-refractivity contribution is 0.0680. The third kappa shape index (κ3) is 6.78. The van der Waals surface area contributed by atoms with Gasteiger partial charge in [0.15, 0.2) is 11.6 Å². The topological polar surface area (TPSA) is 124 Å². The summed E-state index contributed by atoms with van der Waals surface area (Å²) in [5.41, 5.74) is 1.72. The smallest absolute Gasteiger partial charge is 0.343 e. The summed E-state index contributed by atoms with van der Waals surface area (Å²) in [4.78, 5) is 62.6. The van der Waals surface area contributed by atoms with E-state index in [4.69, 9.17) is 9.47 Å². The van der Waals surface area contributed by atoms with Crippen LogP contribution in [-0.2, 0) is 0 Å². The first-order valence-electron chi connectivity index (χ1n) is 13.0. The molecule has 0 amide bonds. The molecule has 0 aliphatic heterocycles. The highest BCUT2D eigenvalue weighted by Gasteiger charge is 2.18. The van der Waals surface area contributed by atoms with Crippen molar-refractivity contribution in [3.63, 3.8) is 0 Å². The van der Waals surface area contributed by atoms with Crippen LogP contribution in [0.4, 0.5) is 0 Å². The van der Waals surface area contributed by atoms with Crippen LogP contribution >= 0.6 is 0 Å². The van der Waals surface area contributed by atoms with E-state index >= 15 is 0 Å². The maximum Gasteiger partial charge on any atom is 0.343 e. The van der Waals surface area contributed by atoms with E-state index in [-0.39, 0.29) is 39.8 Å². The summed E-state index contributed by atoms with van der Waals surface area (Å²) in [6.45, 7) is 0. The number of ketones is 2. The molecule has 0 spiro atoms. The fourth-order valence-corrected chi connectivity index (χ4v) is 4.17. The molecule has 0 saturated carbocycles. The highest BCUT2D eigenvalue weighted by atomic mass is 16.5. The van der Waals surface area contributed by atoms with E-state index in [9.17, 15) is 29.1 Å². The van der Waals surface area contributed by atoms with Gasteiger partial charge in [-0.2, -0.15) is 0 Å². The molecule has 0 heterocycles. The molecule has 0 fully saturated rings. The van der Waals surface area contributed by atoms with Crippen LogP contribution < -0.4 is 9.47 Å². The number of ether oxygens (including phenoxy) is 2. The predicted molar refractivity (Wildman–Crippen MR) is 156 cm³/mol. The van der Waals surface area contributed by atoms with Crippen LogP contribution in [0.15, 0.2) is 127 Å². The average Bonchev–Trinajstić information content (AvgIpc) is 3.05. The van der Waals surface area contributed by atoms with Crippen molar-refractivity contribution in [2.45, 2.75) is 0 Å². The molecule has 0 bridgehead atoms. The zero-order chi connectivity index (χ0) is 30.3. The molecule has 0 aliphatic rings. The van der Waals surface area contributed by atoms with Crippen molar-refractivity contribution in [3.8, 4) is 11.5 Å². The molecule has 0 radical (unpaired) electrons. The van der Waals surface area contributed by atoms with E-state index in [0.717, 1.165) is 12.1 Å². The molecular formula is C35H22O8. The highest BCUT2D eigenvalue weighted by Crippen LogP contribution is 2.25. The molecule has 0 aliphatic carbocycles. The third-order valence-corrected chi connectivity index (χ3v) is 6.39. The van der Waals surface area contributed by atoms with Crippen LogP contribution in [0.3, 0.4) is 0 Å². The summed E-state index contributed by atoms with van der Waals surface area (Å²) >= 11 is 0. The molecule has 0 unspecified atom stereocenters. The van der Waals surface area contributed by atoms with Gasteiger partial charge in [-0.05, 0) is 36.4 Å². The van der Waals surface area contributed by atoms with Crippen molar-refractivity contribution < 1.29 is 38.6 Å².